The van der Waals surface area contributed by atoms with Crippen molar-refractivity contribution in [2.45, 2.75) is 37.8 Å². The first-order valence-corrected chi connectivity index (χ1v) is 13.4. The largest absolute Gasteiger partial charge is 0.478 e. The van der Waals surface area contributed by atoms with E-state index in [-0.39, 0.29) is 22.6 Å². The predicted molar refractivity (Wildman–Crippen MR) is 124 cm³/mol. The van der Waals surface area contributed by atoms with Crippen molar-refractivity contribution in [1.29, 1.82) is 0 Å². The van der Waals surface area contributed by atoms with Gasteiger partial charge in [0.1, 0.15) is 11.9 Å². The fourth-order valence-electron chi connectivity index (χ4n) is 4.32. The highest BCUT2D eigenvalue weighted by Crippen LogP contribution is 2.40. The molecule has 1 aromatic heterocycles. The molecule has 33 heavy (non-hydrogen) atoms. The molecule has 1 aliphatic carbocycles. The Hall–Kier alpha value is -2.34. The van der Waals surface area contributed by atoms with Gasteiger partial charge in [0, 0.05) is 33.9 Å². The number of benzene rings is 1. The number of carbonyl (C=O) groups is 1. The number of halogens is 2. The van der Waals surface area contributed by atoms with E-state index in [0.717, 1.165) is 12.3 Å². The molecule has 8 nitrogen and oxygen atoms in total. The number of aliphatic carboxylic acids is 1. The number of hydrogen-bond acceptors (Lipinski definition) is 7. The summed E-state index contributed by atoms with van der Waals surface area (Å²) in [6.07, 6.45) is 5.06. The van der Waals surface area contributed by atoms with Gasteiger partial charge in [0.25, 0.3) is 0 Å². The van der Waals surface area contributed by atoms with E-state index < -0.39 is 27.9 Å². The predicted octanol–water partition coefficient (Wildman–Crippen LogP) is 3.47. The van der Waals surface area contributed by atoms with Crippen LogP contribution in [0, 0.1) is 11.7 Å². The lowest BCUT2D eigenvalue weighted by atomic mass is 9.80. The molecule has 0 saturated heterocycles. The molecule has 1 saturated carbocycles. The molecule has 0 bridgehead atoms. The highest BCUT2D eigenvalue weighted by Gasteiger charge is 2.37. The maximum absolute atomic E-state index is 13.7. The summed E-state index contributed by atoms with van der Waals surface area (Å²) in [5.41, 5.74) is 0.935. The minimum absolute atomic E-state index is 0.0448. The van der Waals surface area contributed by atoms with E-state index in [2.05, 4.69) is 20.0 Å². The van der Waals surface area contributed by atoms with Crippen molar-refractivity contribution in [1.82, 2.24) is 15.0 Å². The number of sulfonamides is 1. The summed E-state index contributed by atoms with van der Waals surface area (Å²) in [7, 11) is -3.32. The van der Waals surface area contributed by atoms with Crippen LogP contribution in [-0.2, 0) is 14.8 Å². The molecule has 1 atom stereocenters. The second-order valence-electron chi connectivity index (χ2n) is 8.08. The van der Waals surface area contributed by atoms with Crippen molar-refractivity contribution in [3.8, 4) is 0 Å². The number of nitrogens with zero attached hydrogens (tertiary/aromatic N) is 2. The fourth-order valence-corrected chi connectivity index (χ4v) is 6.02. The van der Waals surface area contributed by atoms with E-state index in [9.17, 15) is 22.7 Å². The standard InChI is InChI=1S/C21H22ClFN4O4S2/c1-33(30,31)27-13-5-2-11(3-6-13)17-16(21(28)29)18(14-7-4-12(23)10-15(14)22)26-19(25-17)20-24-8-9-32-20/h4,7-11,13,18,27H,2-3,5-6H2,1H3,(H,25,26)(H,28,29). The van der Waals surface area contributed by atoms with Gasteiger partial charge in [-0.05, 0) is 43.7 Å². The van der Waals surface area contributed by atoms with Crippen LogP contribution in [0.5, 0.6) is 0 Å². The molecule has 2 heterocycles. The summed E-state index contributed by atoms with van der Waals surface area (Å²) in [4.78, 5) is 21.3. The Morgan fingerprint density at radius 2 is 2.03 bits per heavy atom. The molecule has 0 amide bonds. The number of nitrogens with one attached hydrogen (secondary N) is 2. The Balaban J connectivity index is 1.74. The van der Waals surface area contributed by atoms with E-state index in [1.165, 1.54) is 23.5 Å². The van der Waals surface area contributed by atoms with E-state index in [0.29, 0.717) is 47.8 Å². The van der Waals surface area contributed by atoms with Gasteiger partial charge in [-0.2, -0.15) is 0 Å². The molecule has 12 heteroatoms. The number of thiazole rings is 1. The van der Waals surface area contributed by atoms with Gasteiger partial charge < -0.3 is 10.4 Å². The Morgan fingerprint density at radius 3 is 2.61 bits per heavy atom. The third-order valence-corrected chi connectivity index (χ3v) is 7.58. The molecule has 176 valence electrons. The quantitative estimate of drug-likeness (QED) is 0.545. The van der Waals surface area contributed by atoms with Gasteiger partial charge in [-0.1, -0.05) is 17.7 Å². The number of rotatable bonds is 6. The van der Waals surface area contributed by atoms with Gasteiger partial charge in [0.05, 0.1) is 11.8 Å². The molecular formula is C21H22ClFN4O4S2. The number of carboxylic acid groups (broad SMARTS) is 1. The average molecular weight is 513 g/mol. The summed E-state index contributed by atoms with van der Waals surface area (Å²) < 4.78 is 39.5. The Morgan fingerprint density at radius 1 is 1.30 bits per heavy atom. The van der Waals surface area contributed by atoms with Gasteiger partial charge in [-0.3, -0.25) is 4.99 Å². The van der Waals surface area contributed by atoms with Gasteiger partial charge in [0.2, 0.25) is 10.0 Å². The number of allylic oxidation sites excluding steroid dienone is 1. The van der Waals surface area contributed by atoms with E-state index in [4.69, 9.17) is 11.6 Å². The van der Waals surface area contributed by atoms with Gasteiger partial charge >= 0.3 is 5.97 Å². The average Bonchev–Trinajstić information content (AvgIpc) is 3.27. The lowest BCUT2D eigenvalue weighted by Gasteiger charge is -2.34. The number of hydrogen-bond donors (Lipinski definition) is 3. The third-order valence-electron chi connectivity index (χ3n) is 5.71. The Bertz CT molecular complexity index is 1220. The zero-order chi connectivity index (χ0) is 23.8. The minimum Gasteiger partial charge on any atom is -0.478 e. The zero-order valence-electron chi connectivity index (χ0n) is 17.6. The minimum atomic E-state index is -3.32. The molecular weight excluding hydrogens is 491 g/mol. The first kappa shape index (κ1) is 23.8. The number of carboxylic acids is 1. The van der Waals surface area contributed by atoms with Crippen molar-refractivity contribution in [3.05, 3.63) is 62.5 Å². The topological polar surface area (TPSA) is 121 Å². The normalized spacial score (nSPS) is 23.7. The van der Waals surface area contributed by atoms with Crippen LogP contribution in [0.3, 0.4) is 0 Å². The number of amidine groups is 1. The summed E-state index contributed by atoms with van der Waals surface area (Å²) in [6, 6.07) is 2.67. The molecule has 2 aliphatic rings. The maximum atomic E-state index is 13.7. The van der Waals surface area contributed by atoms with Crippen LogP contribution < -0.4 is 10.0 Å². The van der Waals surface area contributed by atoms with E-state index in [1.54, 1.807) is 11.6 Å². The molecule has 1 fully saturated rings. The monoisotopic (exact) mass is 512 g/mol. The fraction of sp³-hybridized carbons (Fsp3) is 0.381. The SMILES string of the molecule is CS(=O)(=O)NC1CCC(C2=C(C(=O)O)C(c3ccc(F)cc3Cl)N=C(c3nccs3)N2)CC1. The van der Waals surface area contributed by atoms with Crippen molar-refractivity contribution in [2.75, 3.05) is 6.26 Å². The Labute approximate surface area is 199 Å². The Kier molecular flexibility index (Phi) is 6.85. The van der Waals surface area contributed by atoms with Crippen LogP contribution >= 0.6 is 22.9 Å². The smallest absolute Gasteiger partial charge is 0.335 e. The van der Waals surface area contributed by atoms with Gasteiger partial charge in [-0.25, -0.2) is 27.3 Å². The van der Waals surface area contributed by atoms with Gasteiger partial charge in [0.15, 0.2) is 10.8 Å². The molecule has 4 rings (SSSR count). The molecule has 3 N–H and O–H groups in total. The van der Waals surface area contributed by atoms with Crippen LogP contribution in [0.4, 0.5) is 4.39 Å². The molecule has 0 spiro atoms. The molecule has 1 unspecified atom stereocenters. The lowest BCUT2D eigenvalue weighted by Crippen LogP contribution is -2.41. The summed E-state index contributed by atoms with van der Waals surface area (Å²) in [6.45, 7) is 0. The molecule has 2 aromatic rings. The van der Waals surface area contributed by atoms with Crippen LogP contribution in [0.15, 0.2) is 46.0 Å². The van der Waals surface area contributed by atoms with Crippen LogP contribution in [0.25, 0.3) is 0 Å². The molecule has 1 aliphatic heterocycles. The van der Waals surface area contributed by atoms with Crippen LogP contribution in [-0.4, -0.2) is 42.6 Å². The maximum Gasteiger partial charge on any atom is 0.335 e. The summed E-state index contributed by atoms with van der Waals surface area (Å²) in [5, 5.41) is 15.8. The summed E-state index contributed by atoms with van der Waals surface area (Å²) >= 11 is 7.65. The first-order valence-electron chi connectivity index (χ1n) is 10.3. The second kappa shape index (κ2) is 9.49. The van der Waals surface area contributed by atoms with Crippen LogP contribution in [0.1, 0.15) is 42.3 Å². The van der Waals surface area contributed by atoms with Crippen molar-refractivity contribution in [2.24, 2.45) is 10.9 Å². The lowest BCUT2D eigenvalue weighted by molar-refractivity contribution is -0.133. The highest BCUT2D eigenvalue weighted by molar-refractivity contribution is 7.88. The number of aromatic nitrogens is 1. The second-order valence-corrected chi connectivity index (χ2v) is 11.2. The number of aliphatic imine (C=N–C) groups is 1. The molecule has 1 aromatic carbocycles. The van der Waals surface area contributed by atoms with E-state index in [1.807, 2.05) is 0 Å². The first-order chi connectivity index (χ1) is 15.6. The van der Waals surface area contributed by atoms with Crippen molar-refractivity contribution in [3.63, 3.8) is 0 Å². The van der Waals surface area contributed by atoms with Crippen molar-refractivity contribution >= 4 is 44.8 Å². The van der Waals surface area contributed by atoms with Crippen LogP contribution in [0.2, 0.25) is 5.02 Å². The zero-order valence-corrected chi connectivity index (χ0v) is 20.0. The van der Waals surface area contributed by atoms with E-state index >= 15 is 0 Å². The summed E-state index contributed by atoms with van der Waals surface area (Å²) in [5.74, 6) is -1.41. The van der Waals surface area contributed by atoms with Crippen molar-refractivity contribution < 1.29 is 22.7 Å². The highest BCUT2D eigenvalue weighted by atomic mass is 35.5. The molecule has 0 radical (unpaired) electrons. The third kappa shape index (κ3) is 5.43. The van der Waals surface area contributed by atoms with Gasteiger partial charge in [-0.15, -0.1) is 11.3 Å².